The summed E-state index contributed by atoms with van der Waals surface area (Å²) >= 11 is 0. The highest BCUT2D eigenvalue weighted by Crippen LogP contribution is 2.12. The molecule has 2 unspecified atom stereocenters. The van der Waals surface area contributed by atoms with Crippen molar-refractivity contribution in [3.63, 3.8) is 0 Å². The maximum atomic E-state index is 12.0. The minimum absolute atomic E-state index is 0.0161. The van der Waals surface area contributed by atoms with E-state index in [0.29, 0.717) is 13.1 Å². The van der Waals surface area contributed by atoms with Gasteiger partial charge in [-0.05, 0) is 12.8 Å². The first-order valence-electron chi connectivity index (χ1n) is 6.47. The van der Waals surface area contributed by atoms with Crippen LogP contribution in [0.25, 0.3) is 0 Å². The van der Waals surface area contributed by atoms with Gasteiger partial charge in [0.1, 0.15) is 0 Å². The predicted octanol–water partition coefficient (Wildman–Crippen LogP) is 0.461. The predicted molar refractivity (Wildman–Crippen MR) is 68.0 cm³/mol. The van der Waals surface area contributed by atoms with Gasteiger partial charge in [0.05, 0.1) is 19.2 Å². The van der Waals surface area contributed by atoms with Crippen LogP contribution in [0.15, 0.2) is 0 Å². The van der Waals surface area contributed by atoms with Gasteiger partial charge in [0.25, 0.3) is 0 Å². The van der Waals surface area contributed by atoms with Crippen molar-refractivity contribution in [3.8, 4) is 0 Å². The number of unbranched alkanes of at least 4 members (excludes halogenated alkanes) is 1. The second kappa shape index (κ2) is 7.20. The maximum absolute atomic E-state index is 12.0. The van der Waals surface area contributed by atoms with Gasteiger partial charge in [-0.3, -0.25) is 4.79 Å². The Balaban J connectivity index is 2.36. The lowest BCUT2D eigenvalue weighted by Crippen LogP contribution is -2.44. The zero-order valence-electron chi connectivity index (χ0n) is 11.1. The number of methoxy groups -OCH3 is 1. The number of likely N-dealkylation sites (tertiary alicyclic amines) is 1. The highest BCUT2D eigenvalue weighted by Gasteiger charge is 2.29. The Hall–Kier alpha value is -1.30. The van der Waals surface area contributed by atoms with Crippen molar-refractivity contribution in [2.24, 2.45) is 5.73 Å². The Kier molecular flexibility index (Phi) is 5.91. The number of carbonyl (C=O) groups excluding carboxylic acids is 2. The second-order valence-corrected chi connectivity index (χ2v) is 4.65. The molecular weight excluding hydrogens is 234 g/mol. The fourth-order valence-electron chi connectivity index (χ4n) is 2.09. The quantitative estimate of drug-likeness (QED) is 0.749. The van der Waals surface area contributed by atoms with Crippen LogP contribution < -0.4 is 11.1 Å². The molecular formula is C12H23N3O3. The molecule has 0 aliphatic carbocycles. The number of hydrogen-bond donors (Lipinski definition) is 2. The van der Waals surface area contributed by atoms with E-state index in [2.05, 4.69) is 17.0 Å². The lowest BCUT2D eigenvalue weighted by atomic mass is 10.1. The summed E-state index contributed by atoms with van der Waals surface area (Å²) in [5.41, 5.74) is 5.85. The first-order valence-corrected chi connectivity index (χ1v) is 6.47. The van der Waals surface area contributed by atoms with Crippen LogP contribution in [0.3, 0.4) is 0 Å². The molecule has 3 N–H and O–H groups in total. The van der Waals surface area contributed by atoms with E-state index in [1.54, 1.807) is 4.90 Å². The van der Waals surface area contributed by atoms with Crippen molar-refractivity contribution in [1.82, 2.24) is 10.2 Å². The van der Waals surface area contributed by atoms with E-state index in [0.717, 1.165) is 25.7 Å². The van der Waals surface area contributed by atoms with Crippen LogP contribution in [0, 0.1) is 0 Å². The van der Waals surface area contributed by atoms with E-state index in [4.69, 9.17) is 5.73 Å². The Bertz CT molecular complexity index is 296. The molecule has 18 heavy (non-hydrogen) atoms. The topological polar surface area (TPSA) is 84.7 Å². The minimum atomic E-state index is -0.454. The van der Waals surface area contributed by atoms with Crippen LogP contribution in [0.2, 0.25) is 0 Å². The van der Waals surface area contributed by atoms with E-state index in [1.165, 1.54) is 7.11 Å². The average molecular weight is 257 g/mol. The molecule has 6 nitrogen and oxygen atoms in total. The molecule has 2 amide bonds. The van der Waals surface area contributed by atoms with Gasteiger partial charge in [0, 0.05) is 13.1 Å². The van der Waals surface area contributed by atoms with E-state index in [9.17, 15) is 9.59 Å². The van der Waals surface area contributed by atoms with E-state index >= 15 is 0 Å². The number of nitrogens with zero attached hydrogens (tertiary/aromatic N) is 1. The fraction of sp³-hybridized carbons (Fsp3) is 0.833. The van der Waals surface area contributed by atoms with Crippen molar-refractivity contribution in [1.29, 1.82) is 0 Å². The largest absolute Gasteiger partial charge is 0.453 e. The number of ether oxygens (including phenoxy) is 1. The number of nitrogens with two attached hydrogens (primary N) is 1. The molecule has 1 saturated heterocycles. The number of nitrogens with one attached hydrogen (secondary N) is 1. The summed E-state index contributed by atoms with van der Waals surface area (Å²) in [7, 11) is 1.33. The normalized spacial score (nSPS) is 20.6. The van der Waals surface area contributed by atoms with Crippen LogP contribution >= 0.6 is 0 Å². The maximum Gasteiger partial charge on any atom is 0.407 e. The van der Waals surface area contributed by atoms with Gasteiger partial charge in [-0.2, -0.15) is 0 Å². The lowest BCUT2D eigenvalue weighted by molar-refractivity contribution is -0.131. The number of hydrogen-bond acceptors (Lipinski definition) is 4. The summed E-state index contributed by atoms with van der Waals surface area (Å²) in [6.45, 7) is 3.24. The summed E-state index contributed by atoms with van der Waals surface area (Å²) in [4.78, 5) is 24.8. The molecule has 1 aliphatic rings. The van der Waals surface area contributed by atoms with E-state index in [1.807, 2.05) is 0 Å². The van der Waals surface area contributed by atoms with Crippen molar-refractivity contribution < 1.29 is 14.3 Å². The molecule has 1 aliphatic heterocycles. The van der Waals surface area contributed by atoms with Crippen LogP contribution in [0.4, 0.5) is 4.79 Å². The molecule has 0 radical (unpaired) electrons. The lowest BCUT2D eigenvalue weighted by Gasteiger charge is -2.20. The highest BCUT2D eigenvalue weighted by molar-refractivity contribution is 5.82. The summed E-state index contributed by atoms with van der Waals surface area (Å²) in [6.07, 6.45) is 3.02. The van der Waals surface area contributed by atoms with E-state index in [-0.39, 0.29) is 11.9 Å². The summed E-state index contributed by atoms with van der Waals surface area (Å²) < 4.78 is 4.53. The smallest absolute Gasteiger partial charge is 0.407 e. The molecule has 0 aromatic carbocycles. The summed E-state index contributed by atoms with van der Waals surface area (Å²) in [5.74, 6) is -0.0161. The van der Waals surface area contributed by atoms with Crippen molar-refractivity contribution in [2.45, 2.75) is 44.7 Å². The fourth-order valence-corrected chi connectivity index (χ4v) is 2.09. The van der Waals surface area contributed by atoms with E-state index < -0.39 is 12.1 Å². The number of amides is 2. The zero-order chi connectivity index (χ0) is 13.5. The first kappa shape index (κ1) is 14.8. The van der Waals surface area contributed by atoms with Crippen molar-refractivity contribution in [2.75, 3.05) is 20.2 Å². The monoisotopic (exact) mass is 257 g/mol. The third kappa shape index (κ3) is 4.18. The van der Waals surface area contributed by atoms with Gasteiger partial charge in [-0.25, -0.2) is 4.79 Å². The van der Waals surface area contributed by atoms with Crippen LogP contribution in [0.5, 0.6) is 0 Å². The van der Waals surface area contributed by atoms with Crippen LogP contribution in [0.1, 0.15) is 32.6 Å². The van der Waals surface area contributed by atoms with Gasteiger partial charge in [0.15, 0.2) is 0 Å². The summed E-state index contributed by atoms with van der Waals surface area (Å²) in [5, 5.41) is 2.70. The average Bonchev–Trinajstić information content (AvgIpc) is 2.83. The Labute approximate surface area is 108 Å². The Morgan fingerprint density at radius 1 is 1.56 bits per heavy atom. The third-order valence-corrected chi connectivity index (χ3v) is 3.19. The van der Waals surface area contributed by atoms with Crippen molar-refractivity contribution in [3.05, 3.63) is 0 Å². The molecule has 6 heteroatoms. The highest BCUT2D eigenvalue weighted by atomic mass is 16.5. The third-order valence-electron chi connectivity index (χ3n) is 3.19. The number of alkyl carbamates (subject to hydrolysis) is 1. The molecule has 0 saturated carbocycles. The molecule has 1 fully saturated rings. The van der Waals surface area contributed by atoms with Crippen molar-refractivity contribution >= 4 is 12.0 Å². The molecule has 104 valence electrons. The Morgan fingerprint density at radius 2 is 2.28 bits per heavy atom. The molecule has 1 rings (SSSR count). The molecule has 0 aromatic heterocycles. The van der Waals surface area contributed by atoms with Crippen LogP contribution in [-0.4, -0.2) is 49.2 Å². The van der Waals surface area contributed by atoms with Gasteiger partial charge in [0.2, 0.25) is 5.91 Å². The molecule has 1 heterocycles. The van der Waals surface area contributed by atoms with Gasteiger partial charge < -0.3 is 20.7 Å². The number of rotatable bonds is 5. The molecule has 0 bridgehead atoms. The van der Waals surface area contributed by atoms with Crippen LogP contribution in [-0.2, 0) is 9.53 Å². The molecule has 0 aromatic rings. The molecule has 0 spiro atoms. The Morgan fingerprint density at radius 3 is 2.89 bits per heavy atom. The SMILES string of the molecule is CCCCC(N)C(=O)N1CCC(NC(=O)OC)C1. The summed E-state index contributed by atoms with van der Waals surface area (Å²) in [6, 6.07) is -0.443. The first-order chi connectivity index (χ1) is 8.58. The van der Waals surface area contributed by atoms with Gasteiger partial charge in [-0.15, -0.1) is 0 Å². The second-order valence-electron chi connectivity index (χ2n) is 4.65. The minimum Gasteiger partial charge on any atom is -0.453 e. The van der Waals surface area contributed by atoms with Gasteiger partial charge >= 0.3 is 6.09 Å². The molecule has 2 atom stereocenters. The number of carbonyl (C=O) groups is 2. The zero-order valence-corrected chi connectivity index (χ0v) is 11.1. The standard InChI is InChI=1S/C12H23N3O3/c1-3-4-5-10(13)11(16)15-7-6-9(8-15)14-12(17)18-2/h9-10H,3-8,13H2,1-2H3,(H,14,17). The van der Waals surface area contributed by atoms with Gasteiger partial charge in [-0.1, -0.05) is 19.8 Å².